The van der Waals surface area contributed by atoms with Gasteiger partial charge in [0.1, 0.15) is 11.3 Å². The van der Waals surface area contributed by atoms with Crippen LogP contribution < -0.4 is 0 Å². The van der Waals surface area contributed by atoms with E-state index in [1.165, 1.54) is 6.20 Å². The van der Waals surface area contributed by atoms with Gasteiger partial charge in [-0.3, -0.25) is 14.3 Å². The summed E-state index contributed by atoms with van der Waals surface area (Å²) in [7, 11) is 0. The molecule has 17 heavy (non-hydrogen) atoms. The topological polar surface area (TPSA) is 63.0 Å². The monoisotopic (exact) mass is 246 g/mol. The fourth-order valence-corrected chi connectivity index (χ4v) is 2.04. The summed E-state index contributed by atoms with van der Waals surface area (Å²) in [6.45, 7) is 0. The summed E-state index contributed by atoms with van der Waals surface area (Å²) in [5.41, 5.74) is 2.39. The van der Waals surface area contributed by atoms with Gasteiger partial charge in [0.15, 0.2) is 11.4 Å². The van der Waals surface area contributed by atoms with Crippen LogP contribution in [0.3, 0.4) is 0 Å². The molecule has 0 aliphatic heterocycles. The van der Waals surface area contributed by atoms with Crippen molar-refractivity contribution in [1.82, 2.24) is 19.6 Å². The van der Waals surface area contributed by atoms with E-state index < -0.39 is 0 Å². The molecule has 0 aliphatic rings. The van der Waals surface area contributed by atoms with Crippen molar-refractivity contribution in [3.05, 3.63) is 41.3 Å². The summed E-state index contributed by atoms with van der Waals surface area (Å²) in [6.07, 6.45) is 4.03. The lowest BCUT2D eigenvalue weighted by molar-refractivity contribution is 0.112. The zero-order valence-corrected chi connectivity index (χ0v) is 9.35. The maximum atomic E-state index is 10.9. The highest BCUT2D eigenvalue weighted by Crippen LogP contribution is 2.28. The van der Waals surface area contributed by atoms with Crippen LogP contribution in [0.2, 0.25) is 5.15 Å². The molecule has 1 N–H and O–H groups in total. The summed E-state index contributed by atoms with van der Waals surface area (Å²) in [6, 6.07) is 5.58. The number of carbonyl (C=O) groups is 1. The van der Waals surface area contributed by atoms with Crippen LogP contribution in [0.15, 0.2) is 30.6 Å². The van der Waals surface area contributed by atoms with Gasteiger partial charge < -0.3 is 0 Å². The molecule has 0 atom stereocenters. The van der Waals surface area contributed by atoms with Gasteiger partial charge in [-0.15, -0.1) is 0 Å². The molecular weight excluding hydrogens is 240 g/mol. The molecule has 0 unspecified atom stereocenters. The number of halogens is 1. The Morgan fingerprint density at radius 2 is 2.29 bits per heavy atom. The molecule has 0 radical (unpaired) electrons. The third-order valence-corrected chi connectivity index (χ3v) is 2.78. The number of hydrogen-bond acceptors (Lipinski definition) is 3. The van der Waals surface area contributed by atoms with E-state index in [9.17, 15) is 4.79 Å². The third kappa shape index (κ3) is 1.43. The van der Waals surface area contributed by atoms with Gasteiger partial charge in [0.2, 0.25) is 0 Å². The molecule has 3 heterocycles. The fraction of sp³-hybridized carbons (Fsp3) is 0. The molecule has 0 amide bonds. The summed E-state index contributed by atoms with van der Waals surface area (Å²) >= 11 is 6.09. The third-order valence-electron chi connectivity index (χ3n) is 2.52. The number of nitrogens with one attached hydrogen (secondary N) is 1. The SMILES string of the molecule is O=Cc1cn[nH]c1-c1c(Cl)nc2ccccn12. The second-order valence-corrected chi connectivity index (χ2v) is 3.86. The normalized spacial score (nSPS) is 10.9. The second kappa shape index (κ2) is 3.71. The lowest BCUT2D eigenvalue weighted by atomic mass is 10.2. The predicted octanol–water partition coefficient (Wildman–Crippen LogP) is 2.19. The molecule has 0 fully saturated rings. The van der Waals surface area contributed by atoms with Crippen LogP contribution in [-0.2, 0) is 0 Å². The number of H-pyrrole nitrogens is 1. The van der Waals surface area contributed by atoms with Crippen molar-refractivity contribution >= 4 is 23.5 Å². The zero-order chi connectivity index (χ0) is 11.8. The molecule has 0 saturated heterocycles. The number of imidazole rings is 1. The van der Waals surface area contributed by atoms with Crippen molar-refractivity contribution < 1.29 is 4.79 Å². The minimum atomic E-state index is 0.337. The van der Waals surface area contributed by atoms with Crippen molar-refractivity contribution in [1.29, 1.82) is 0 Å². The molecule has 0 bridgehead atoms. The fourth-order valence-electron chi connectivity index (χ4n) is 1.77. The Balaban J connectivity index is 2.37. The molecule has 3 rings (SSSR count). The molecular formula is C11H7ClN4O. The Labute approximate surface area is 101 Å². The first-order chi connectivity index (χ1) is 8.31. The summed E-state index contributed by atoms with van der Waals surface area (Å²) in [4.78, 5) is 15.1. The number of aldehydes is 1. The number of hydrogen-bond donors (Lipinski definition) is 1. The van der Waals surface area contributed by atoms with Crippen LogP contribution in [0.5, 0.6) is 0 Å². The first-order valence-corrected chi connectivity index (χ1v) is 5.30. The highest BCUT2D eigenvalue weighted by molar-refractivity contribution is 6.32. The molecule has 0 spiro atoms. The highest BCUT2D eigenvalue weighted by Gasteiger charge is 2.16. The number of rotatable bonds is 2. The Morgan fingerprint density at radius 1 is 1.41 bits per heavy atom. The predicted molar refractivity (Wildman–Crippen MR) is 63.2 cm³/mol. The van der Waals surface area contributed by atoms with Gasteiger partial charge in [-0.2, -0.15) is 5.10 Å². The van der Waals surface area contributed by atoms with Gasteiger partial charge in [-0.25, -0.2) is 4.98 Å². The maximum absolute atomic E-state index is 10.9. The summed E-state index contributed by atoms with van der Waals surface area (Å²) in [5, 5.41) is 6.94. The molecule has 5 nitrogen and oxygen atoms in total. The largest absolute Gasteiger partial charge is 0.298 e. The molecule has 0 aliphatic carbocycles. The van der Waals surface area contributed by atoms with Gasteiger partial charge in [0.05, 0.1) is 17.5 Å². The Bertz CT molecular complexity index is 700. The second-order valence-electron chi connectivity index (χ2n) is 3.50. The van der Waals surface area contributed by atoms with Gasteiger partial charge in [-0.1, -0.05) is 17.7 Å². The van der Waals surface area contributed by atoms with Crippen LogP contribution in [0.1, 0.15) is 10.4 Å². The highest BCUT2D eigenvalue weighted by atomic mass is 35.5. The number of nitrogens with zero attached hydrogens (tertiary/aromatic N) is 3. The van der Waals surface area contributed by atoms with E-state index in [2.05, 4.69) is 15.2 Å². The molecule has 6 heteroatoms. The quantitative estimate of drug-likeness (QED) is 0.705. The van der Waals surface area contributed by atoms with E-state index >= 15 is 0 Å². The molecule has 3 aromatic rings. The minimum absolute atomic E-state index is 0.337. The summed E-state index contributed by atoms with van der Waals surface area (Å²) < 4.78 is 1.81. The number of aromatic amines is 1. The zero-order valence-electron chi connectivity index (χ0n) is 8.59. The first kappa shape index (κ1) is 10.0. The van der Waals surface area contributed by atoms with Crippen LogP contribution in [0, 0.1) is 0 Å². The smallest absolute Gasteiger partial charge is 0.157 e. The molecule has 3 aromatic heterocycles. The number of aromatic nitrogens is 4. The Morgan fingerprint density at radius 3 is 3.12 bits per heavy atom. The van der Waals surface area contributed by atoms with Crippen molar-refractivity contribution in [3.8, 4) is 11.4 Å². The maximum Gasteiger partial charge on any atom is 0.157 e. The lowest BCUT2D eigenvalue weighted by Gasteiger charge is -1.99. The van der Waals surface area contributed by atoms with E-state index in [0.717, 1.165) is 11.9 Å². The lowest BCUT2D eigenvalue weighted by Crippen LogP contribution is -1.91. The van der Waals surface area contributed by atoms with Crippen molar-refractivity contribution in [2.24, 2.45) is 0 Å². The van der Waals surface area contributed by atoms with Crippen molar-refractivity contribution in [2.45, 2.75) is 0 Å². The van der Waals surface area contributed by atoms with Gasteiger partial charge in [0, 0.05) is 6.20 Å². The van der Waals surface area contributed by atoms with Gasteiger partial charge in [0.25, 0.3) is 0 Å². The van der Waals surface area contributed by atoms with Crippen molar-refractivity contribution in [3.63, 3.8) is 0 Å². The average molecular weight is 247 g/mol. The number of fused-ring (bicyclic) bond motifs is 1. The molecule has 0 aromatic carbocycles. The molecule has 84 valence electrons. The van der Waals surface area contributed by atoms with Gasteiger partial charge in [-0.05, 0) is 12.1 Å². The van der Waals surface area contributed by atoms with E-state index in [-0.39, 0.29) is 0 Å². The number of carbonyl (C=O) groups excluding carboxylic acids is 1. The average Bonchev–Trinajstić information content (AvgIpc) is 2.90. The van der Waals surface area contributed by atoms with Crippen molar-refractivity contribution in [2.75, 3.05) is 0 Å². The van der Waals surface area contributed by atoms with Gasteiger partial charge >= 0.3 is 0 Å². The Hall–Kier alpha value is -2.14. The van der Waals surface area contributed by atoms with Crippen LogP contribution >= 0.6 is 11.6 Å². The standard InChI is InChI=1S/C11H7ClN4O/c12-11-10(9-7(6-17)5-13-15-9)16-4-2-1-3-8(16)14-11/h1-6H,(H,13,15). The van der Waals surface area contributed by atoms with E-state index in [1.54, 1.807) is 0 Å². The Kier molecular flexibility index (Phi) is 2.19. The summed E-state index contributed by atoms with van der Waals surface area (Å²) in [5.74, 6) is 0. The first-order valence-electron chi connectivity index (χ1n) is 4.93. The number of pyridine rings is 1. The molecule has 0 saturated carbocycles. The van der Waals surface area contributed by atoms with Crippen LogP contribution in [0.4, 0.5) is 0 Å². The minimum Gasteiger partial charge on any atom is -0.298 e. The van der Waals surface area contributed by atoms with E-state index in [4.69, 9.17) is 11.6 Å². The van der Waals surface area contributed by atoms with E-state index in [1.807, 2.05) is 28.8 Å². The van der Waals surface area contributed by atoms with E-state index in [0.29, 0.717) is 22.1 Å². The van der Waals surface area contributed by atoms with Crippen LogP contribution in [-0.4, -0.2) is 25.9 Å². The van der Waals surface area contributed by atoms with Crippen LogP contribution in [0.25, 0.3) is 17.0 Å².